The van der Waals surface area contributed by atoms with Crippen LogP contribution in [0.25, 0.3) is 0 Å². The first-order chi connectivity index (χ1) is 23.4. The Balaban J connectivity index is 1.96. The molecule has 0 aliphatic carbocycles. The number of alkyl carbamates (subject to hydrolysis) is 1. The Morgan fingerprint density at radius 2 is 1.39 bits per heavy atom. The molecule has 8 nitrogen and oxygen atoms in total. The quantitative estimate of drug-likeness (QED) is 0.0676. The van der Waals surface area contributed by atoms with Gasteiger partial charge < -0.3 is 24.8 Å². The summed E-state index contributed by atoms with van der Waals surface area (Å²) in [5.74, 6) is 0.798. The highest BCUT2D eigenvalue weighted by atomic mass is 32.2. The van der Waals surface area contributed by atoms with E-state index in [1.807, 2.05) is 45.2 Å². The largest absolute Gasteiger partial charge is 0.466 e. The van der Waals surface area contributed by atoms with E-state index in [-0.39, 0.29) is 24.6 Å². The molecule has 0 bridgehead atoms. The smallest absolute Gasteiger partial charge is 0.407 e. The van der Waals surface area contributed by atoms with Crippen molar-refractivity contribution in [1.29, 1.82) is 0 Å². The molecule has 0 radical (unpaired) electrons. The normalized spacial score (nSPS) is 15.0. The highest BCUT2D eigenvalue weighted by Crippen LogP contribution is 2.48. The van der Waals surface area contributed by atoms with Crippen molar-refractivity contribution in [2.24, 2.45) is 11.7 Å². The third-order valence-electron chi connectivity index (χ3n) is 8.45. The molecule has 268 valence electrons. The number of hydrogen-bond donors (Lipinski definition) is 3. The molecular weight excluding hydrogens is 655 g/mol. The average Bonchev–Trinajstić information content (AvgIpc) is 3.10. The number of methoxy groups -OCH3 is 1. The molecule has 0 aliphatic heterocycles. The lowest BCUT2D eigenvalue weighted by Crippen LogP contribution is -2.55. The average molecular weight is 710 g/mol. The molecule has 0 aromatic heterocycles. The number of rotatable bonds is 19. The fourth-order valence-electron chi connectivity index (χ4n) is 5.52. The summed E-state index contributed by atoms with van der Waals surface area (Å²) in [5, 5.41) is 6.81. The number of nitrogens with one attached hydrogen (secondary N) is 2. The van der Waals surface area contributed by atoms with Gasteiger partial charge in [-0.05, 0) is 55.4 Å². The van der Waals surface area contributed by atoms with E-state index >= 15 is 0 Å². The number of ether oxygens (including phenoxy) is 3. The van der Waals surface area contributed by atoms with E-state index in [0.29, 0.717) is 24.5 Å². The summed E-state index contributed by atoms with van der Waals surface area (Å²) in [6, 6.07) is 31.0. The van der Waals surface area contributed by atoms with Crippen LogP contribution in [0.2, 0.25) is 0 Å². The first kappa shape index (κ1) is 40.4. The Labute approximate surface area is 302 Å². The molecule has 0 heterocycles. The van der Waals surface area contributed by atoms with Gasteiger partial charge in [-0.2, -0.15) is 11.8 Å². The molecule has 3 rings (SSSR count). The molecule has 4 atom stereocenters. The van der Waals surface area contributed by atoms with Gasteiger partial charge >= 0.3 is 12.1 Å². The zero-order chi connectivity index (χ0) is 35.9. The first-order valence-electron chi connectivity index (χ1n) is 16.9. The Kier molecular flexibility index (Phi) is 16.0. The van der Waals surface area contributed by atoms with Crippen LogP contribution in [-0.4, -0.2) is 73.5 Å². The molecule has 0 saturated carbocycles. The molecule has 0 fully saturated rings. The van der Waals surface area contributed by atoms with Crippen LogP contribution < -0.4 is 16.4 Å². The summed E-state index contributed by atoms with van der Waals surface area (Å²) in [7, 11) is 1.32. The van der Waals surface area contributed by atoms with Crippen LogP contribution in [0.3, 0.4) is 0 Å². The summed E-state index contributed by atoms with van der Waals surface area (Å²) in [4.78, 5) is 25.9. The predicted octanol–water partition coefficient (Wildman–Crippen LogP) is 7.21. The minimum absolute atomic E-state index is 0.151. The van der Waals surface area contributed by atoms with Gasteiger partial charge in [0, 0.05) is 24.8 Å². The number of amides is 1. The standard InChI is InChI=1S/C39H55N3O5S2/c1-8-29(2)34(27-46-38(40,24-25-48-7)35(43)45-6)41-26-33(42-36(44)47-37(3,4)5)28-49-39(30-18-12-9-13-19-30,31-20-14-10-15-21-31)32-22-16-11-17-23-32/h9-23,29,33-34,41H,8,24-28,40H2,1-7H3,(H,42,44)/t29-,33?,34?,38+/m0/s1. The Morgan fingerprint density at radius 1 is 0.878 bits per heavy atom. The van der Waals surface area contributed by atoms with Crippen LogP contribution >= 0.6 is 23.5 Å². The number of carbonyl (C=O) groups is 2. The van der Waals surface area contributed by atoms with Crippen molar-refractivity contribution in [2.45, 2.75) is 75.6 Å². The van der Waals surface area contributed by atoms with Crippen molar-refractivity contribution in [3.05, 3.63) is 108 Å². The summed E-state index contributed by atoms with van der Waals surface area (Å²) in [5.41, 5.74) is 7.67. The molecule has 3 aromatic carbocycles. The third-order valence-corrected chi connectivity index (χ3v) is 10.8. The van der Waals surface area contributed by atoms with E-state index < -0.39 is 28.1 Å². The highest BCUT2D eigenvalue weighted by Gasteiger charge is 2.39. The number of carbonyl (C=O) groups excluding carboxylic acids is 2. The van der Waals surface area contributed by atoms with E-state index in [9.17, 15) is 9.59 Å². The van der Waals surface area contributed by atoms with E-state index in [1.54, 1.807) is 23.5 Å². The summed E-state index contributed by atoms with van der Waals surface area (Å²) in [6.07, 6.45) is 2.68. The van der Waals surface area contributed by atoms with Gasteiger partial charge in [0.15, 0.2) is 0 Å². The molecule has 1 amide bonds. The van der Waals surface area contributed by atoms with Crippen molar-refractivity contribution in [1.82, 2.24) is 10.6 Å². The minimum Gasteiger partial charge on any atom is -0.466 e. The molecular formula is C39H55N3O5S2. The van der Waals surface area contributed by atoms with Gasteiger partial charge in [-0.25, -0.2) is 9.59 Å². The highest BCUT2D eigenvalue weighted by molar-refractivity contribution is 8.00. The Hall–Kier alpha value is -3.02. The predicted molar refractivity (Wildman–Crippen MR) is 204 cm³/mol. The number of benzene rings is 3. The molecule has 0 aliphatic rings. The Morgan fingerprint density at radius 3 is 1.82 bits per heavy atom. The monoisotopic (exact) mass is 709 g/mol. The van der Waals surface area contributed by atoms with Gasteiger partial charge in [0.1, 0.15) is 5.60 Å². The van der Waals surface area contributed by atoms with Gasteiger partial charge in [-0.1, -0.05) is 111 Å². The second kappa shape index (κ2) is 19.4. The lowest BCUT2D eigenvalue weighted by atomic mass is 9.84. The maximum absolute atomic E-state index is 13.2. The van der Waals surface area contributed by atoms with Crippen LogP contribution in [0.4, 0.5) is 4.79 Å². The SMILES string of the molecule is CC[C@H](C)C(CO[C@](N)(CCSC)C(=O)OC)NCC(CSC(c1ccccc1)(c1ccccc1)c1ccccc1)NC(=O)OC(C)(C)C. The van der Waals surface area contributed by atoms with E-state index in [1.165, 1.54) is 7.11 Å². The third kappa shape index (κ3) is 11.8. The second-order valence-electron chi connectivity index (χ2n) is 13.3. The molecule has 3 aromatic rings. The van der Waals surface area contributed by atoms with Gasteiger partial charge in [0.25, 0.3) is 0 Å². The molecule has 2 unspecified atom stereocenters. The number of thioether (sulfide) groups is 2. The lowest BCUT2D eigenvalue weighted by Gasteiger charge is -2.37. The van der Waals surface area contributed by atoms with Gasteiger partial charge in [-0.3, -0.25) is 5.73 Å². The van der Waals surface area contributed by atoms with Crippen molar-refractivity contribution in [3.63, 3.8) is 0 Å². The molecule has 10 heteroatoms. The topological polar surface area (TPSA) is 112 Å². The van der Waals surface area contributed by atoms with Gasteiger partial charge in [0.05, 0.1) is 24.5 Å². The van der Waals surface area contributed by atoms with Crippen molar-refractivity contribution < 1.29 is 23.8 Å². The van der Waals surface area contributed by atoms with Crippen LogP contribution in [-0.2, 0) is 23.8 Å². The minimum atomic E-state index is -1.55. The summed E-state index contributed by atoms with van der Waals surface area (Å²) >= 11 is 3.36. The van der Waals surface area contributed by atoms with Crippen LogP contribution in [0.5, 0.6) is 0 Å². The van der Waals surface area contributed by atoms with Crippen LogP contribution in [0, 0.1) is 5.92 Å². The van der Waals surface area contributed by atoms with Crippen LogP contribution in [0.15, 0.2) is 91.0 Å². The fraction of sp³-hybridized carbons (Fsp3) is 0.487. The molecule has 0 saturated heterocycles. The second-order valence-corrected chi connectivity index (χ2v) is 15.5. The zero-order valence-corrected chi connectivity index (χ0v) is 31.7. The summed E-state index contributed by atoms with van der Waals surface area (Å²) < 4.78 is 16.3. The number of nitrogens with two attached hydrogens (primary N) is 1. The van der Waals surface area contributed by atoms with E-state index in [4.69, 9.17) is 19.9 Å². The zero-order valence-electron chi connectivity index (χ0n) is 30.1. The van der Waals surface area contributed by atoms with E-state index in [0.717, 1.165) is 23.1 Å². The van der Waals surface area contributed by atoms with Crippen molar-refractivity contribution in [3.8, 4) is 0 Å². The first-order valence-corrected chi connectivity index (χ1v) is 19.3. The maximum atomic E-state index is 13.2. The molecule has 4 N–H and O–H groups in total. The molecule has 0 spiro atoms. The summed E-state index contributed by atoms with van der Waals surface area (Å²) in [6.45, 7) is 10.4. The van der Waals surface area contributed by atoms with Crippen LogP contribution in [0.1, 0.15) is 64.2 Å². The van der Waals surface area contributed by atoms with Gasteiger partial charge in [0.2, 0.25) is 5.72 Å². The lowest BCUT2D eigenvalue weighted by molar-refractivity contribution is -0.171. The number of esters is 1. The number of hydrogen-bond acceptors (Lipinski definition) is 9. The van der Waals surface area contributed by atoms with E-state index in [2.05, 4.69) is 97.3 Å². The van der Waals surface area contributed by atoms with Gasteiger partial charge in [-0.15, -0.1) is 11.8 Å². The van der Waals surface area contributed by atoms with Crippen molar-refractivity contribution in [2.75, 3.05) is 38.0 Å². The van der Waals surface area contributed by atoms with Crippen molar-refractivity contribution >= 4 is 35.6 Å². The fourth-order valence-corrected chi connectivity index (χ4v) is 7.59. The molecule has 49 heavy (non-hydrogen) atoms. The Bertz CT molecular complexity index is 1310. The maximum Gasteiger partial charge on any atom is 0.407 e.